The number of nitrogens with one attached hydrogen (secondary N) is 2. The van der Waals surface area contributed by atoms with Crippen LogP contribution in [-0.4, -0.2) is 53.4 Å². The topological polar surface area (TPSA) is 65.5 Å². The lowest BCUT2D eigenvalue weighted by Crippen LogP contribution is -2.41. The van der Waals surface area contributed by atoms with Gasteiger partial charge in [0.2, 0.25) is 0 Å². The van der Waals surface area contributed by atoms with Crippen molar-refractivity contribution < 1.29 is 4.74 Å². The highest BCUT2D eigenvalue weighted by Gasteiger charge is 2.53. The Morgan fingerprint density at radius 2 is 2.09 bits per heavy atom. The van der Waals surface area contributed by atoms with Crippen LogP contribution in [0.3, 0.4) is 0 Å². The third-order valence-corrected chi connectivity index (χ3v) is 5.34. The Morgan fingerprint density at radius 1 is 1.41 bits per heavy atom. The summed E-state index contributed by atoms with van der Waals surface area (Å²) < 4.78 is 6.04. The number of aryl methyl sites for hydroxylation is 1. The van der Waals surface area contributed by atoms with Crippen LogP contribution in [0.2, 0.25) is 0 Å². The molecule has 6 nitrogen and oxygen atoms in total. The van der Waals surface area contributed by atoms with Gasteiger partial charge in [-0.05, 0) is 19.8 Å². The molecule has 2 N–H and O–H groups in total. The van der Waals surface area contributed by atoms with E-state index in [0.717, 1.165) is 31.3 Å². The average molecular weight is 417 g/mol. The smallest absolute Gasteiger partial charge is 0.193 e. The van der Waals surface area contributed by atoms with Gasteiger partial charge >= 0.3 is 0 Å². The van der Waals surface area contributed by atoms with Crippen molar-refractivity contribution in [3.05, 3.63) is 17.5 Å². The lowest BCUT2D eigenvalue weighted by Gasteiger charge is -2.23. The zero-order valence-corrected chi connectivity index (χ0v) is 15.4. The zero-order valence-electron chi connectivity index (χ0n) is 13.1. The Morgan fingerprint density at radius 3 is 2.64 bits per heavy atom. The van der Waals surface area contributed by atoms with Crippen molar-refractivity contribution in [1.29, 1.82) is 0 Å². The second-order valence-corrected chi connectivity index (χ2v) is 6.44. The molecule has 1 aromatic heterocycles. The Labute approximate surface area is 148 Å². The van der Waals surface area contributed by atoms with Crippen LogP contribution in [0.15, 0.2) is 11.2 Å². The highest BCUT2D eigenvalue weighted by atomic mass is 127. The standard InChI is InChI=1S/C15H23N5O.HI/c1-9-10(6-18-19-9)5-17-15(16-2)20-7-11-12(8-20)14-4-3-13(11)21-14;/h6,11-14H,3-5,7-8H2,1-2H3,(H,16,17)(H,18,19);1H. The Hall–Kier alpha value is -0.830. The molecule has 3 aliphatic rings. The first-order valence-corrected chi connectivity index (χ1v) is 7.86. The normalized spacial score (nSPS) is 33.0. The van der Waals surface area contributed by atoms with Crippen molar-refractivity contribution >= 4 is 29.9 Å². The first-order valence-electron chi connectivity index (χ1n) is 7.86. The van der Waals surface area contributed by atoms with Crippen molar-refractivity contribution in [2.24, 2.45) is 16.8 Å². The van der Waals surface area contributed by atoms with E-state index in [1.807, 2.05) is 20.2 Å². The number of aliphatic imine (C=N–C) groups is 1. The van der Waals surface area contributed by atoms with Crippen LogP contribution in [0.25, 0.3) is 0 Å². The van der Waals surface area contributed by atoms with E-state index >= 15 is 0 Å². The molecule has 0 aromatic carbocycles. The maximum Gasteiger partial charge on any atom is 0.193 e. The van der Waals surface area contributed by atoms with Crippen LogP contribution in [-0.2, 0) is 11.3 Å². The predicted molar refractivity (Wildman–Crippen MR) is 95.4 cm³/mol. The van der Waals surface area contributed by atoms with Gasteiger partial charge in [0.05, 0.1) is 18.4 Å². The molecule has 3 fully saturated rings. The fourth-order valence-electron chi connectivity index (χ4n) is 4.19. The summed E-state index contributed by atoms with van der Waals surface area (Å²) in [5.41, 5.74) is 2.31. The molecule has 4 rings (SSSR count). The third-order valence-electron chi connectivity index (χ3n) is 5.34. The van der Waals surface area contributed by atoms with E-state index in [-0.39, 0.29) is 24.0 Å². The van der Waals surface area contributed by atoms with Gasteiger partial charge in [-0.1, -0.05) is 0 Å². The van der Waals surface area contributed by atoms with Gasteiger partial charge < -0.3 is 15.0 Å². The second-order valence-electron chi connectivity index (χ2n) is 6.44. The number of rotatable bonds is 2. The van der Waals surface area contributed by atoms with E-state index in [0.29, 0.717) is 24.0 Å². The molecule has 3 aliphatic heterocycles. The number of aromatic amines is 1. The van der Waals surface area contributed by atoms with E-state index in [4.69, 9.17) is 4.74 Å². The summed E-state index contributed by atoms with van der Waals surface area (Å²) in [5.74, 6) is 2.42. The highest BCUT2D eigenvalue weighted by molar-refractivity contribution is 14.0. The summed E-state index contributed by atoms with van der Waals surface area (Å²) >= 11 is 0. The van der Waals surface area contributed by atoms with Crippen molar-refractivity contribution in [3.8, 4) is 0 Å². The summed E-state index contributed by atoms with van der Waals surface area (Å²) in [5, 5.41) is 10.5. The number of nitrogens with zero attached hydrogens (tertiary/aromatic N) is 3. The van der Waals surface area contributed by atoms with Gasteiger partial charge in [0.25, 0.3) is 0 Å². The average Bonchev–Trinajstić information content (AvgIpc) is 3.20. The van der Waals surface area contributed by atoms with Crippen molar-refractivity contribution in [3.63, 3.8) is 0 Å². The Kier molecular flexibility index (Phi) is 4.63. The van der Waals surface area contributed by atoms with Crippen molar-refractivity contribution in [2.45, 2.75) is 38.5 Å². The van der Waals surface area contributed by atoms with Crippen LogP contribution in [0.1, 0.15) is 24.1 Å². The number of guanidine groups is 1. The van der Waals surface area contributed by atoms with Gasteiger partial charge in [-0.3, -0.25) is 10.1 Å². The number of ether oxygens (including phenoxy) is 1. The van der Waals surface area contributed by atoms with Gasteiger partial charge in [-0.2, -0.15) is 5.10 Å². The molecule has 1 aromatic rings. The van der Waals surface area contributed by atoms with E-state index in [9.17, 15) is 0 Å². The minimum absolute atomic E-state index is 0. The van der Waals surface area contributed by atoms with Gasteiger partial charge in [0.15, 0.2) is 5.96 Å². The van der Waals surface area contributed by atoms with Crippen LogP contribution in [0.5, 0.6) is 0 Å². The molecule has 4 atom stereocenters. The van der Waals surface area contributed by atoms with Crippen molar-refractivity contribution in [2.75, 3.05) is 20.1 Å². The van der Waals surface area contributed by atoms with Crippen LogP contribution in [0, 0.1) is 18.8 Å². The quantitative estimate of drug-likeness (QED) is 0.435. The summed E-state index contributed by atoms with van der Waals surface area (Å²) in [4.78, 5) is 6.86. The molecular weight excluding hydrogens is 393 g/mol. The van der Waals surface area contributed by atoms with Gasteiger partial charge in [0, 0.05) is 49.8 Å². The van der Waals surface area contributed by atoms with Gasteiger partial charge in [0.1, 0.15) is 0 Å². The first-order chi connectivity index (χ1) is 10.3. The summed E-state index contributed by atoms with van der Waals surface area (Å²) in [7, 11) is 1.86. The monoisotopic (exact) mass is 417 g/mol. The minimum atomic E-state index is 0. The molecular formula is C15H24IN5O. The third kappa shape index (κ3) is 2.62. The fourth-order valence-corrected chi connectivity index (χ4v) is 4.19. The largest absolute Gasteiger partial charge is 0.374 e. The van der Waals surface area contributed by atoms with Crippen LogP contribution in [0.4, 0.5) is 0 Å². The Bertz CT molecular complexity index is 542. The van der Waals surface area contributed by atoms with E-state index < -0.39 is 0 Å². The first kappa shape index (κ1) is 16.0. The maximum absolute atomic E-state index is 6.04. The number of aromatic nitrogens is 2. The lowest BCUT2D eigenvalue weighted by atomic mass is 9.82. The van der Waals surface area contributed by atoms with Gasteiger partial charge in [-0.25, -0.2) is 0 Å². The molecule has 0 radical (unpaired) electrons. The number of fused-ring (bicyclic) bond motifs is 5. The Balaban J connectivity index is 0.00000144. The van der Waals surface area contributed by atoms with E-state index in [1.165, 1.54) is 18.4 Å². The van der Waals surface area contributed by atoms with Crippen LogP contribution >= 0.6 is 24.0 Å². The lowest BCUT2D eigenvalue weighted by molar-refractivity contribution is 0.0767. The molecule has 0 aliphatic carbocycles. The second kappa shape index (κ2) is 6.35. The molecule has 0 saturated carbocycles. The number of likely N-dealkylation sites (tertiary alicyclic amines) is 1. The summed E-state index contributed by atoms with van der Waals surface area (Å²) in [6.07, 6.45) is 5.38. The molecule has 122 valence electrons. The SMILES string of the molecule is CN=C(NCc1cn[nH]c1C)N1CC2C3CCC(O3)C2C1.I. The molecule has 0 spiro atoms. The number of hydrogen-bond acceptors (Lipinski definition) is 3. The molecule has 7 heteroatoms. The van der Waals surface area contributed by atoms with Gasteiger partial charge in [-0.15, -0.1) is 24.0 Å². The minimum Gasteiger partial charge on any atom is -0.374 e. The zero-order chi connectivity index (χ0) is 14.4. The molecule has 22 heavy (non-hydrogen) atoms. The fraction of sp³-hybridized carbons (Fsp3) is 0.733. The maximum atomic E-state index is 6.04. The number of hydrogen-bond donors (Lipinski definition) is 2. The number of halogens is 1. The highest BCUT2D eigenvalue weighted by Crippen LogP contribution is 2.47. The van der Waals surface area contributed by atoms with E-state index in [2.05, 4.69) is 25.4 Å². The molecule has 0 amide bonds. The molecule has 4 unspecified atom stereocenters. The summed E-state index contributed by atoms with van der Waals surface area (Å²) in [6, 6.07) is 0. The molecule has 4 heterocycles. The molecule has 3 saturated heterocycles. The number of H-pyrrole nitrogens is 1. The van der Waals surface area contributed by atoms with Crippen molar-refractivity contribution in [1.82, 2.24) is 20.4 Å². The van der Waals surface area contributed by atoms with Crippen LogP contribution < -0.4 is 5.32 Å². The van der Waals surface area contributed by atoms with E-state index in [1.54, 1.807) is 0 Å². The molecule has 2 bridgehead atoms. The summed E-state index contributed by atoms with van der Waals surface area (Å²) in [6.45, 7) is 4.97. The predicted octanol–water partition coefficient (Wildman–Crippen LogP) is 1.52.